The van der Waals surface area contributed by atoms with Gasteiger partial charge in [0.15, 0.2) is 6.61 Å². The predicted octanol–water partition coefficient (Wildman–Crippen LogP) is 6.50. The van der Waals surface area contributed by atoms with E-state index in [4.69, 9.17) is 9.15 Å². The molecule has 3 heterocycles. The summed E-state index contributed by atoms with van der Waals surface area (Å²) < 4.78 is 11.1. The van der Waals surface area contributed by atoms with Crippen molar-refractivity contribution in [3.8, 4) is 0 Å². The molecule has 0 spiro atoms. The number of furan rings is 1. The quantitative estimate of drug-likeness (QED) is 0.251. The molecule has 1 aromatic heterocycles. The number of ether oxygens (including phenoxy) is 1. The summed E-state index contributed by atoms with van der Waals surface area (Å²) in [6.45, 7) is 2.08. The maximum atomic E-state index is 13.2. The minimum Gasteiger partial charge on any atom is -0.467 e. The summed E-state index contributed by atoms with van der Waals surface area (Å²) in [7, 11) is 0. The third-order valence-electron chi connectivity index (χ3n) is 6.85. The summed E-state index contributed by atoms with van der Waals surface area (Å²) in [6.07, 6.45) is 2.24. The van der Waals surface area contributed by atoms with Gasteiger partial charge in [-0.25, -0.2) is 5.01 Å². The summed E-state index contributed by atoms with van der Waals surface area (Å²) in [4.78, 5) is 30.4. The highest BCUT2D eigenvalue weighted by Crippen LogP contribution is 2.47. The molecule has 0 fully saturated rings. The van der Waals surface area contributed by atoms with Crippen molar-refractivity contribution in [1.82, 2.24) is 5.01 Å². The number of hydrogen-bond acceptors (Lipinski definition) is 7. The van der Waals surface area contributed by atoms with Crippen LogP contribution in [-0.4, -0.2) is 35.7 Å². The van der Waals surface area contributed by atoms with Crippen molar-refractivity contribution in [1.29, 1.82) is 0 Å². The van der Waals surface area contributed by atoms with Gasteiger partial charge in [0.2, 0.25) is 0 Å². The average Bonchev–Trinajstić information content (AvgIpc) is 3.65. The lowest BCUT2D eigenvalue weighted by atomic mass is 10.0. The fourth-order valence-electron chi connectivity index (χ4n) is 4.87. The molecule has 4 aromatic rings. The lowest BCUT2D eigenvalue weighted by Gasteiger charge is -2.32. The lowest BCUT2D eigenvalue weighted by molar-refractivity contribution is -0.152. The van der Waals surface area contributed by atoms with Crippen molar-refractivity contribution < 1.29 is 18.7 Å². The van der Waals surface area contributed by atoms with Crippen molar-refractivity contribution in [2.24, 2.45) is 5.10 Å². The van der Waals surface area contributed by atoms with E-state index in [1.165, 1.54) is 5.01 Å². The maximum Gasteiger partial charge on any atom is 0.308 e. The normalized spacial score (nSPS) is 15.9. The number of aryl methyl sites for hydroxylation is 1. The van der Waals surface area contributed by atoms with Gasteiger partial charge < -0.3 is 14.1 Å². The Balaban J connectivity index is 1.12. The van der Waals surface area contributed by atoms with Gasteiger partial charge in [0.1, 0.15) is 11.8 Å². The van der Waals surface area contributed by atoms with Crippen LogP contribution in [0.3, 0.4) is 0 Å². The smallest absolute Gasteiger partial charge is 0.308 e. The van der Waals surface area contributed by atoms with Crippen LogP contribution < -0.4 is 4.90 Å². The lowest BCUT2D eigenvalue weighted by Crippen LogP contribution is -2.32. The SMILES string of the molecule is Cc1ccc(C2=NN(C(=O)COC(=O)CCN3c4ccccc4Sc4ccccc43)[C@H](c3ccco3)C2)cc1. The van der Waals surface area contributed by atoms with Gasteiger partial charge in [-0.05, 0) is 48.9 Å². The molecule has 196 valence electrons. The molecule has 6 rings (SSSR count). The molecule has 0 saturated heterocycles. The molecule has 3 aromatic carbocycles. The van der Waals surface area contributed by atoms with E-state index in [-0.39, 0.29) is 19.1 Å². The van der Waals surface area contributed by atoms with Crippen molar-refractivity contribution in [3.63, 3.8) is 0 Å². The molecular formula is C31H27N3O4S. The first-order valence-corrected chi connectivity index (χ1v) is 13.7. The first-order valence-electron chi connectivity index (χ1n) is 12.9. The van der Waals surface area contributed by atoms with E-state index in [1.807, 2.05) is 61.5 Å². The van der Waals surface area contributed by atoms with Gasteiger partial charge in [-0.2, -0.15) is 5.10 Å². The van der Waals surface area contributed by atoms with Gasteiger partial charge in [-0.3, -0.25) is 9.59 Å². The number of hydrogen-bond donors (Lipinski definition) is 0. The number of benzene rings is 3. The van der Waals surface area contributed by atoms with Crippen LogP contribution in [0.2, 0.25) is 0 Å². The van der Waals surface area contributed by atoms with E-state index in [0.29, 0.717) is 18.7 Å². The molecule has 0 saturated carbocycles. The van der Waals surface area contributed by atoms with Gasteiger partial charge in [-0.15, -0.1) is 0 Å². The monoisotopic (exact) mass is 537 g/mol. The molecule has 0 N–H and O–H groups in total. The molecule has 1 atom stereocenters. The molecule has 0 unspecified atom stereocenters. The Hall–Kier alpha value is -4.30. The Morgan fingerprint density at radius 1 is 0.949 bits per heavy atom. The van der Waals surface area contributed by atoms with Crippen molar-refractivity contribution in [2.75, 3.05) is 18.1 Å². The molecule has 2 aliphatic rings. The topological polar surface area (TPSA) is 75.4 Å². The van der Waals surface area contributed by atoms with Crippen LogP contribution in [-0.2, 0) is 14.3 Å². The number of para-hydroxylation sites is 2. The summed E-state index contributed by atoms with van der Waals surface area (Å²) in [5, 5.41) is 6.00. The Kier molecular flexibility index (Phi) is 6.94. The molecule has 0 aliphatic carbocycles. The number of nitrogens with zero attached hydrogens (tertiary/aromatic N) is 3. The molecule has 7 nitrogen and oxygen atoms in total. The summed E-state index contributed by atoms with van der Waals surface area (Å²) >= 11 is 1.72. The second kappa shape index (κ2) is 10.8. The molecular weight excluding hydrogens is 510 g/mol. The van der Waals surface area contributed by atoms with Crippen LogP contribution in [0.5, 0.6) is 0 Å². The summed E-state index contributed by atoms with van der Waals surface area (Å²) in [5.74, 6) is -0.189. The van der Waals surface area contributed by atoms with Gasteiger partial charge >= 0.3 is 5.97 Å². The molecule has 39 heavy (non-hydrogen) atoms. The van der Waals surface area contributed by atoms with E-state index < -0.39 is 11.9 Å². The van der Waals surface area contributed by atoms with Crippen molar-refractivity contribution in [3.05, 3.63) is 108 Å². The van der Waals surface area contributed by atoms with E-state index in [2.05, 4.69) is 34.3 Å². The number of hydrazone groups is 1. The number of esters is 1. The van der Waals surface area contributed by atoms with Crippen LogP contribution in [0.15, 0.2) is 111 Å². The molecule has 0 bridgehead atoms. The molecule has 1 amide bonds. The highest BCUT2D eigenvalue weighted by Gasteiger charge is 2.35. The summed E-state index contributed by atoms with van der Waals surface area (Å²) in [6, 6.07) is 27.5. The van der Waals surface area contributed by atoms with Crippen LogP contribution in [0.25, 0.3) is 0 Å². The Morgan fingerprint density at radius 3 is 2.31 bits per heavy atom. The van der Waals surface area contributed by atoms with Crippen LogP contribution in [0, 0.1) is 6.92 Å². The predicted molar refractivity (Wildman–Crippen MR) is 150 cm³/mol. The van der Waals surface area contributed by atoms with Gasteiger partial charge in [0, 0.05) is 22.8 Å². The summed E-state index contributed by atoms with van der Waals surface area (Å²) in [5.41, 5.74) is 5.00. The Morgan fingerprint density at radius 2 is 1.64 bits per heavy atom. The maximum absolute atomic E-state index is 13.2. The fraction of sp³-hybridized carbons (Fsp3) is 0.194. The van der Waals surface area contributed by atoms with E-state index in [0.717, 1.165) is 38.0 Å². The van der Waals surface area contributed by atoms with Crippen LogP contribution in [0.4, 0.5) is 11.4 Å². The number of amides is 1. The zero-order valence-electron chi connectivity index (χ0n) is 21.4. The number of carbonyl (C=O) groups is 2. The standard InChI is InChI=1S/C31H27N3O4S/c1-21-12-14-22(15-13-21)23-19-26(27-9-6-18-37-27)34(32-23)30(35)20-38-31(36)16-17-33-24-7-2-4-10-28(24)39-29-11-5-3-8-25(29)33/h2-15,18,26H,16-17,19-20H2,1H3/t26-/m0/s1. The number of carbonyl (C=O) groups excluding carboxylic acids is 2. The number of anilines is 2. The molecule has 0 radical (unpaired) electrons. The molecule has 2 aliphatic heterocycles. The number of rotatable bonds is 7. The zero-order valence-corrected chi connectivity index (χ0v) is 22.3. The highest BCUT2D eigenvalue weighted by molar-refractivity contribution is 7.99. The first kappa shape index (κ1) is 25.0. The third kappa shape index (κ3) is 5.20. The second-order valence-electron chi connectivity index (χ2n) is 9.49. The zero-order chi connectivity index (χ0) is 26.8. The van der Waals surface area contributed by atoms with E-state index in [9.17, 15) is 9.59 Å². The van der Waals surface area contributed by atoms with Crippen molar-refractivity contribution in [2.45, 2.75) is 35.6 Å². The number of fused-ring (bicyclic) bond motifs is 2. The Bertz CT molecular complexity index is 1490. The Labute approximate surface area is 231 Å². The second-order valence-corrected chi connectivity index (χ2v) is 10.6. The highest BCUT2D eigenvalue weighted by atomic mass is 32.2. The van der Waals surface area contributed by atoms with E-state index in [1.54, 1.807) is 24.1 Å². The third-order valence-corrected chi connectivity index (χ3v) is 7.98. The van der Waals surface area contributed by atoms with Crippen molar-refractivity contribution >= 4 is 40.7 Å². The van der Waals surface area contributed by atoms with Crippen LogP contribution >= 0.6 is 11.8 Å². The largest absolute Gasteiger partial charge is 0.467 e. The van der Waals surface area contributed by atoms with Gasteiger partial charge in [-0.1, -0.05) is 65.9 Å². The van der Waals surface area contributed by atoms with E-state index >= 15 is 0 Å². The fourth-order valence-corrected chi connectivity index (χ4v) is 5.96. The molecule has 8 heteroatoms. The average molecular weight is 538 g/mol. The van der Waals surface area contributed by atoms with Gasteiger partial charge in [0.05, 0.1) is 29.8 Å². The van der Waals surface area contributed by atoms with Gasteiger partial charge in [0.25, 0.3) is 5.91 Å². The minimum absolute atomic E-state index is 0.139. The van der Waals surface area contributed by atoms with Crippen LogP contribution in [0.1, 0.15) is 35.8 Å². The minimum atomic E-state index is -0.437. The first-order chi connectivity index (χ1) is 19.1.